The third-order valence-corrected chi connectivity index (χ3v) is 5.14. The average molecular weight is 276 g/mol. The van der Waals surface area contributed by atoms with Crippen molar-refractivity contribution in [3.8, 4) is 0 Å². The summed E-state index contributed by atoms with van der Waals surface area (Å²) in [6, 6.07) is 4.03. The Labute approximate surface area is 122 Å². The Morgan fingerprint density at radius 1 is 1.05 bits per heavy atom. The molecule has 3 heteroatoms. The number of hydrogen-bond acceptors (Lipinski definition) is 3. The van der Waals surface area contributed by atoms with Gasteiger partial charge in [0.05, 0.1) is 12.8 Å². The molecule has 3 nitrogen and oxygen atoms in total. The van der Waals surface area contributed by atoms with Gasteiger partial charge in [-0.1, -0.05) is 25.7 Å². The number of rotatable bonds is 5. The van der Waals surface area contributed by atoms with Crippen LogP contribution in [0.2, 0.25) is 0 Å². The van der Waals surface area contributed by atoms with Crippen LogP contribution in [-0.2, 0) is 6.54 Å². The van der Waals surface area contributed by atoms with Crippen LogP contribution < -0.4 is 5.32 Å². The normalized spacial score (nSPS) is 23.8. The second kappa shape index (κ2) is 6.77. The fourth-order valence-corrected chi connectivity index (χ4v) is 4.01. The molecule has 3 rings (SSSR count). The van der Waals surface area contributed by atoms with Gasteiger partial charge in [0, 0.05) is 12.1 Å². The van der Waals surface area contributed by atoms with E-state index in [4.69, 9.17) is 4.42 Å². The molecule has 2 aliphatic rings. The minimum atomic E-state index is 0.422. The van der Waals surface area contributed by atoms with Crippen LogP contribution in [0.25, 0.3) is 0 Å². The Kier molecular flexibility index (Phi) is 4.79. The Balaban J connectivity index is 1.59. The molecule has 112 valence electrons. The summed E-state index contributed by atoms with van der Waals surface area (Å²) in [4.78, 5) is 2.80. The number of nitrogens with zero attached hydrogens (tertiary/aromatic N) is 1. The van der Waals surface area contributed by atoms with Crippen LogP contribution in [0.15, 0.2) is 22.8 Å². The molecule has 1 N–H and O–H groups in total. The highest BCUT2D eigenvalue weighted by Gasteiger charge is 2.37. The average Bonchev–Trinajstić information content (AvgIpc) is 3.02. The smallest absolute Gasteiger partial charge is 0.117 e. The molecule has 0 amide bonds. The van der Waals surface area contributed by atoms with Crippen molar-refractivity contribution in [2.45, 2.75) is 63.5 Å². The molecule has 1 saturated carbocycles. The van der Waals surface area contributed by atoms with E-state index in [0.29, 0.717) is 5.54 Å². The molecule has 1 aromatic rings. The Hall–Kier alpha value is -0.800. The van der Waals surface area contributed by atoms with Gasteiger partial charge in [0.1, 0.15) is 5.76 Å². The van der Waals surface area contributed by atoms with Gasteiger partial charge in [0.15, 0.2) is 0 Å². The lowest BCUT2D eigenvalue weighted by Crippen LogP contribution is -2.57. The third-order valence-electron chi connectivity index (χ3n) is 5.14. The molecule has 1 saturated heterocycles. The van der Waals surface area contributed by atoms with E-state index in [9.17, 15) is 0 Å². The standard InChI is InChI=1S/C17H28N2O/c1-3-9-17(10-4-1,19-11-5-2-6-12-19)15-18-14-16-8-7-13-20-16/h7-8,13,18H,1-6,9-12,14-15H2. The quantitative estimate of drug-likeness (QED) is 0.891. The van der Waals surface area contributed by atoms with Gasteiger partial charge < -0.3 is 9.73 Å². The van der Waals surface area contributed by atoms with Gasteiger partial charge in [-0.25, -0.2) is 0 Å². The molecule has 2 fully saturated rings. The van der Waals surface area contributed by atoms with Crippen molar-refractivity contribution >= 4 is 0 Å². The molecule has 1 aromatic heterocycles. The summed E-state index contributed by atoms with van der Waals surface area (Å²) in [5.41, 5.74) is 0.422. The summed E-state index contributed by atoms with van der Waals surface area (Å²) < 4.78 is 5.43. The van der Waals surface area contributed by atoms with Crippen molar-refractivity contribution in [3.05, 3.63) is 24.2 Å². The van der Waals surface area contributed by atoms with Crippen LogP contribution in [0.5, 0.6) is 0 Å². The van der Waals surface area contributed by atoms with E-state index >= 15 is 0 Å². The number of furan rings is 1. The molecular weight excluding hydrogens is 248 g/mol. The first-order chi connectivity index (χ1) is 9.89. The maximum atomic E-state index is 5.43. The molecule has 20 heavy (non-hydrogen) atoms. The van der Waals surface area contributed by atoms with Crippen LogP contribution in [-0.4, -0.2) is 30.1 Å². The van der Waals surface area contributed by atoms with Crippen LogP contribution >= 0.6 is 0 Å². The van der Waals surface area contributed by atoms with Gasteiger partial charge in [-0.15, -0.1) is 0 Å². The van der Waals surface area contributed by atoms with Crippen LogP contribution in [0.3, 0.4) is 0 Å². The molecule has 0 radical (unpaired) electrons. The molecule has 1 aliphatic heterocycles. The van der Waals surface area contributed by atoms with Gasteiger partial charge in [-0.2, -0.15) is 0 Å². The van der Waals surface area contributed by atoms with Crippen LogP contribution in [0.1, 0.15) is 57.1 Å². The van der Waals surface area contributed by atoms with Gasteiger partial charge >= 0.3 is 0 Å². The van der Waals surface area contributed by atoms with Crippen molar-refractivity contribution in [2.24, 2.45) is 0 Å². The van der Waals surface area contributed by atoms with Gasteiger partial charge in [0.2, 0.25) is 0 Å². The molecule has 0 atom stereocenters. The Morgan fingerprint density at radius 3 is 2.50 bits per heavy atom. The summed E-state index contributed by atoms with van der Waals surface area (Å²) in [7, 11) is 0. The lowest BCUT2D eigenvalue weighted by molar-refractivity contribution is 0.0330. The molecule has 1 aliphatic carbocycles. The van der Waals surface area contributed by atoms with E-state index < -0.39 is 0 Å². The van der Waals surface area contributed by atoms with E-state index in [1.165, 1.54) is 64.5 Å². The third kappa shape index (κ3) is 3.26. The topological polar surface area (TPSA) is 28.4 Å². The van der Waals surface area contributed by atoms with Crippen molar-refractivity contribution < 1.29 is 4.42 Å². The van der Waals surface area contributed by atoms with Gasteiger partial charge in [-0.3, -0.25) is 4.90 Å². The predicted molar refractivity (Wildman–Crippen MR) is 81.7 cm³/mol. The summed E-state index contributed by atoms with van der Waals surface area (Å²) in [5.74, 6) is 1.05. The van der Waals surface area contributed by atoms with Crippen molar-refractivity contribution in [2.75, 3.05) is 19.6 Å². The molecule has 0 bridgehead atoms. The van der Waals surface area contributed by atoms with E-state index in [2.05, 4.69) is 16.3 Å². The lowest BCUT2D eigenvalue weighted by Gasteiger charge is -2.48. The molecule has 0 spiro atoms. The minimum Gasteiger partial charge on any atom is -0.468 e. The summed E-state index contributed by atoms with van der Waals surface area (Å²) in [6.45, 7) is 4.60. The number of nitrogens with one attached hydrogen (secondary N) is 1. The van der Waals surface area contributed by atoms with Crippen molar-refractivity contribution in [1.82, 2.24) is 10.2 Å². The monoisotopic (exact) mass is 276 g/mol. The Morgan fingerprint density at radius 2 is 1.80 bits per heavy atom. The molecule has 0 aromatic carbocycles. The van der Waals surface area contributed by atoms with E-state index in [1.54, 1.807) is 6.26 Å². The lowest BCUT2D eigenvalue weighted by atomic mass is 9.79. The van der Waals surface area contributed by atoms with Gasteiger partial charge in [-0.05, 0) is 50.9 Å². The van der Waals surface area contributed by atoms with Crippen molar-refractivity contribution in [1.29, 1.82) is 0 Å². The van der Waals surface area contributed by atoms with Crippen LogP contribution in [0, 0.1) is 0 Å². The number of hydrogen-bond donors (Lipinski definition) is 1. The van der Waals surface area contributed by atoms with E-state index in [1.807, 2.05) is 6.07 Å². The maximum absolute atomic E-state index is 5.43. The number of piperidine rings is 1. The fraction of sp³-hybridized carbons (Fsp3) is 0.765. The fourth-order valence-electron chi connectivity index (χ4n) is 4.01. The highest BCUT2D eigenvalue weighted by molar-refractivity contribution is 5.00. The first-order valence-electron chi connectivity index (χ1n) is 8.37. The first-order valence-corrected chi connectivity index (χ1v) is 8.37. The largest absolute Gasteiger partial charge is 0.468 e. The maximum Gasteiger partial charge on any atom is 0.117 e. The molecule has 2 heterocycles. The van der Waals surface area contributed by atoms with E-state index in [-0.39, 0.29) is 0 Å². The van der Waals surface area contributed by atoms with Crippen molar-refractivity contribution in [3.63, 3.8) is 0 Å². The number of likely N-dealkylation sites (tertiary alicyclic amines) is 1. The highest BCUT2D eigenvalue weighted by atomic mass is 16.3. The summed E-state index contributed by atoms with van der Waals surface area (Å²) in [6.07, 6.45) is 12.9. The second-order valence-electron chi connectivity index (χ2n) is 6.52. The second-order valence-corrected chi connectivity index (χ2v) is 6.52. The van der Waals surface area contributed by atoms with Crippen LogP contribution in [0.4, 0.5) is 0 Å². The molecule has 0 unspecified atom stereocenters. The zero-order valence-corrected chi connectivity index (χ0v) is 12.6. The zero-order valence-electron chi connectivity index (χ0n) is 12.6. The zero-order chi connectivity index (χ0) is 13.7. The SMILES string of the molecule is c1coc(CNCC2(N3CCCCC3)CCCCC2)c1. The molecular formula is C17H28N2O. The summed E-state index contributed by atoms with van der Waals surface area (Å²) in [5, 5.41) is 3.66. The first kappa shape index (κ1) is 14.2. The van der Waals surface area contributed by atoms with Gasteiger partial charge in [0.25, 0.3) is 0 Å². The predicted octanol–water partition coefficient (Wildman–Crippen LogP) is 3.56. The minimum absolute atomic E-state index is 0.422. The van der Waals surface area contributed by atoms with E-state index in [0.717, 1.165) is 18.8 Å². The highest BCUT2D eigenvalue weighted by Crippen LogP contribution is 2.35. The summed E-state index contributed by atoms with van der Waals surface area (Å²) >= 11 is 0. The Bertz CT molecular complexity index is 376.